The Bertz CT molecular complexity index is 1330. The molecule has 0 atom stereocenters. The number of hydrogen-bond acceptors (Lipinski definition) is 5. The first-order chi connectivity index (χ1) is 13.9. The smallest absolute Gasteiger partial charge is 0.287 e. The topological polar surface area (TPSA) is 93.0 Å². The monoisotopic (exact) mass is 399 g/mol. The summed E-state index contributed by atoms with van der Waals surface area (Å²) in [6.07, 6.45) is 3.84. The zero-order valence-electron chi connectivity index (χ0n) is 14.9. The summed E-state index contributed by atoms with van der Waals surface area (Å²) in [7, 11) is 0. The van der Waals surface area contributed by atoms with E-state index in [-0.39, 0.29) is 46.1 Å². The van der Waals surface area contributed by atoms with Crippen LogP contribution in [0.5, 0.6) is 0 Å². The lowest BCUT2D eigenvalue weighted by Crippen LogP contribution is -2.13. The number of nitrogens with zero attached hydrogens (tertiary/aromatic N) is 4. The van der Waals surface area contributed by atoms with Crippen molar-refractivity contribution < 1.29 is 18.0 Å². The molecule has 10 heteroatoms. The van der Waals surface area contributed by atoms with E-state index in [0.717, 1.165) is 18.3 Å². The maximum absolute atomic E-state index is 14.3. The molecule has 3 heterocycles. The van der Waals surface area contributed by atoms with Gasteiger partial charge in [0.15, 0.2) is 17.8 Å². The molecule has 7 nitrogen and oxygen atoms in total. The summed E-state index contributed by atoms with van der Waals surface area (Å²) in [6, 6.07) is 2.14. The summed E-state index contributed by atoms with van der Waals surface area (Å²) < 4.78 is 42.9. The lowest BCUT2D eigenvalue weighted by atomic mass is 10.1. The first-order valence-electron chi connectivity index (χ1n) is 8.39. The van der Waals surface area contributed by atoms with E-state index in [0.29, 0.717) is 6.29 Å². The van der Waals surface area contributed by atoms with Crippen molar-refractivity contribution in [3.8, 4) is 11.5 Å². The van der Waals surface area contributed by atoms with Gasteiger partial charge < -0.3 is 4.98 Å². The lowest BCUT2D eigenvalue weighted by Gasteiger charge is -2.09. The minimum absolute atomic E-state index is 0.0378. The Morgan fingerprint density at radius 3 is 2.62 bits per heavy atom. The molecule has 1 aromatic carbocycles. The summed E-state index contributed by atoms with van der Waals surface area (Å²) in [6.45, 7) is 1.45. The molecule has 0 bridgehead atoms. The highest BCUT2D eigenvalue weighted by Gasteiger charge is 2.17. The number of rotatable bonds is 4. The van der Waals surface area contributed by atoms with Crippen LogP contribution in [-0.4, -0.2) is 30.6 Å². The largest absolute Gasteiger partial charge is 0.303 e. The molecule has 0 saturated carbocycles. The zero-order valence-corrected chi connectivity index (χ0v) is 14.9. The van der Waals surface area contributed by atoms with Gasteiger partial charge in [-0.15, -0.1) is 0 Å². The molecule has 29 heavy (non-hydrogen) atoms. The number of imidazole rings is 1. The van der Waals surface area contributed by atoms with Crippen molar-refractivity contribution in [3.63, 3.8) is 0 Å². The minimum atomic E-state index is -1.07. The Hall–Kier alpha value is -3.82. The highest BCUT2D eigenvalue weighted by molar-refractivity contribution is 5.75. The molecule has 0 saturated heterocycles. The predicted molar refractivity (Wildman–Crippen MR) is 96.1 cm³/mol. The highest BCUT2D eigenvalue weighted by Crippen LogP contribution is 2.22. The number of aldehydes is 1. The number of benzene rings is 1. The average Bonchev–Trinajstić information content (AvgIpc) is 3.11. The van der Waals surface area contributed by atoms with Gasteiger partial charge in [-0.05, 0) is 30.2 Å². The van der Waals surface area contributed by atoms with Crippen LogP contribution in [0.15, 0.2) is 35.5 Å². The molecule has 146 valence electrons. The molecule has 3 aromatic heterocycles. The second-order valence-electron chi connectivity index (χ2n) is 6.35. The van der Waals surface area contributed by atoms with E-state index < -0.39 is 23.0 Å². The summed E-state index contributed by atoms with van der Waals surface area (Å²) >= 11 is 0. The quantitative estimate of drug-likeness (QED) is 0.533. The fraction of sp³-hybridized carbons (Fsp3) is 0.105. The molecule has 0 aliphatic carbocycles. The van der Waals surface area contributed by atoms with Gasteiger partial charge in [-0.25, -0.2) is 23.7 Å². The van der Waals surface area contributed by atoms with Crippen molar-refractivity contribution in [2.75, 3.05) is 0 Å². The van der Waals surface area contributed by atoms with Crippen molar-refractivity contribution in [2.45, 2.75) is 13.3 Å². The van der Waals surface area contributed by atoms with E-state index in [1.165, 1.54) is 23.7 Å². The highest BCUT2D eigenvalue weighted by atomic mass is 19.1. The van der Waals surface area contributed by atoms with Crippen LogP contribution >= 0.6 is 0 Å². The summed E-state index contributed by atoms with van der Waals surface area (Å²) in [4.78, 5) is 37.4. The van der Waals surface area contributed by atoms with Gasteiger partial charge in [0.1, 0.15) is 23.0 Å². The van der Waals surface area contributed by atoms with Gasteiger partial charge in [-0.3, -0.25) is 14.0 Å². The first-order valence-corrected chi connectivity index (χ1v) is 8.39. The maximum atomic E-state index is 14.3. The number of aromatic amines is 1. The Morgan fingerprint density at radius 2 is 1.90 bits per heavy atom. The van der Waals surface area contributed by atoms with Crippen molar-refractivity contribution >= 4 is 11.9 Å². The Labute approximate surface area is 160 Å². The molecule has 0 amide bonds. The molecule has 4 rings (SSSR count). The van der Waals surface area contributed by atoms with Crippen LogP contribution in [0.1, 0.15) is 27.3 Å². The van der Waals surface area contributed by atoms with E-state index >= 15 is 0 Å². The molecule has 1 N–H and O–H groups in total. The standard InChI is InChI=1S/C19H12F3N5O2/c1-9-2-13(21)10(3-12(9)20)4-15-18-24-5-11(8-28)27(18)7-16(25-15)17-23-6-14(22)19(29)26-17/h2-3,5-8H,4H2,1H3,(H,23,26,29). The molecular formula is C19H12F3N5O2. The first kappa shape index (κ1) is 18.5. The van der Waals surface area contributed by atoms with Gasteiger partial charge >= 0.3 is 0 Å². The fourth-order valence-electron chi connectivity index (χ4n) is 2.90. The molecular weight excluding hydrogens is 387 g/mol. The van der Waals surface area contributed by atoms with Crippen LogP contribution in [0.2, 0.25) is 0 Å². The molecule has 4 aromatic rings. The number of fused-ring (bicyclic) bond motifs is 1. The van der Waals surface area contributed by atoms with Crippen LogP contribution in [0.3, 0.4) is 0 Å². The van der Waals surface area contributed by atoms with Gasteiger partial charge in [-0.2, -0.15) is 4.39 Å². The Kier molecular flexibility index (Phi) is 4.45. The predicted octanol–water partition coefficient (Wildman–Crippen LogP) is 2.61. The van der Waals surface area contributed by atoms with Crippen molar-refractivity contribution in [3.05, 3.63) is 81.0 Å². The summed E-state index contributed by atoms with van der Waals surface area (Å²) in [5.74, 6) is -2.32. The number of halogens is 3. The van der Waals surface area contributed by atoms with Crippen molar-refractivity contribution in [2.24, 2.45) is 0 Å². The third-order valence-electron chi connectivity index (χ3n) is 4.40. The second-order valence-corrected chi connectivity index (χ2v) is 6.35. The molecule has 0 spiro atoms. The number of aromatic nitrogens is 5. The van der Waals surface area contributed by atoms with Gasteiger partial charge in [0.2, 0.25) is 5.82 Å². The van der Waals surface area contributed by atoms with Crippen LogP contribution in [0, 0.1) is 24.4 Å². The van der Waals surface area contributed by atoms with Crippen LogP contribution in [-0.2, 0) is 6.42 Å². The number of carbonyl (C=O) groups is 1. The molecule has 0 fully saturated rings. The van der Waals surface area contributed by atoms with Crippen LogP contribution in [0.25, 0.3) is 17.2 Å². The second kappa shape index (κ2) is 6.97. The molecule has 0 aliphatic rings. The van der Waals surface area contributed by atoms with E-state index in [4.69, 9.17) is 0 Å². The zero-order chi connectivity index (χ0) is 20.7. The normalized spacial score (nSPS) is 11.2. The summed E-state index contributed by atoms with van der Waals surface area (Å²) in [5.41, 5.74) is -0.0634. The minimum Gasteiger partial charge on any atom is -0.303 e. The molecule has 0 radical (unpaired) electrons. The number of H-pyrrole nitrogens is 1. The average molecular weight is 399 g/mol. The Morgan fingerprint density at radius 1 is 1.10 bits per heavy atom. The molecule has 0 unspecified atom stereocenters. The van der Waals surface area contributed by atoms with Gasteiger partial charge in [-0.1, -0.05) is 0 Å². The van der Waals surface area contributed by atoms with E-state index in [1.54, 1.807) is 0 Å². The van der Waals surface area contributed by atoms with Gasteiger partial charge in [0.05, 0.1) is 18.1 Å². The van der Waals surface area contributed by atoms with Crippen molar-refractivity contribution in [1.29, 1.82) is 0 Å². The maximum Gasteiger partial charge on any atom is 0.287 e. The van der Waals surface area contributed by atoms with Crippen LogP contribution in [0.4, 0.5) is 13.2 Å². The fourth-order valence-corrected chi connectivity index (χ4v) is 2.90. The van der Waals surface area contributed by atoms with E-state index in [2.05, 4.69) is 19.9 Å². The summed E-state index contributed by atoms with van der Waals surface area (Å²) in [5, 5.41) is 0. The number of hydrogen-bond donors (Lipinski definition) is 1. The number of aryl methyl sites for hydroxylation is 1. The lowest BCUT2D eigenvalue weighted by molar-refractivity contribution is 0.111. The Balaban J connectivity index is 1.92. The van der Waals surface area contributed by atoms with Crippen LogP contribution < -0.4 is 5.56 Å². The number of carbonyl (C=O) groups excluding carboxylic acids is 1. The third-order valence-corrected chi connectivity index (χ3v) is 4.40. The van der Waals surface area contributed by atoms with E-state index in [1.807, 2.05) is 0 Å². The number of nitrogens with one attached hydrogen (secondary N) is 1. The van der Waals surface area contributed by atoms with E-state index in [9.17, 15) is 22.8 Å². The molecule has 0 aliphatic heterocycles. The SMILES string of the molecule is Cc1cc(F)c(Cc2nc(-c3ncc(F)c(=O)[nH]3)cn3c(C=O)cnc23)cc1F. The van der Waals surface area contributed by atoms with Crippen molar-refractivity contribution in [1.82, 2.24) is 24.3 Å². The van der Waals surface area contributed by atoms with Gasteiger partial charge in [0, 0.05) is 12.6 Å². The third kappa shape index (κ3) is 3.28. The van der Waals surface area contributed by atoms with Gasteiger partial charge in [0.25, 0.3) is 5.56 Å².